The highest BCUT2D eigenvalue weighted by Crippen LogP contribution is 2.37. The zero-order valence-electron chi connectivity index (χ0n) is 10.2. The van der Waals surface area contributed by atoms with E-state index in [0.717, 1.165) is 25.3 Å². The molecule has 1 aliphatic rings. The van der Waals surface area contributed by atoms with Gasteiger partial charge in [-0.25, -0.2) is 8.78 Å². The van der Waals surface area contributed by atoms with E-state index in [1.54, 1.807) is 0 Å². The molecule has 4 nitrogen and oxygen atoms in total. The van der Waals surface area contributed by atoms with Gasteiger partial charge in [-0.05, 0) is 37.0 Å². The fourth-order valence-electron chi connectivity index (χ4n) is 2.20. The van der Waals surface area contributed by atoms with Crippen LogP contribution in [-0.4, -0.2) is 10.1 Å². The normalized spacial score (nSPS) is 17.2. The summed E-state index contributed by atoms with van der Waals surface area (Å²) in [5.41, 5.74) is 6.01. The van der Waals surface area contributed by atoms with Crippen molar-refractivity contribution >= 4 is 0 Å². The molecule has 1 heterocycles. The summed E-state index contributed by atoms with van der Waals surface area (Å²) >= 11 is 0. The maximum absolute atomic E-state index is 13.1. The van der Waals surface area contributed by atoms with Crippen molar-refractivity contribution in [2.24, 2.45) is 5.73 Å². The van der Waals surface area contributed by atoms with Gasteiger partial charge in [0.25, 0.3) is 0 Å². The Bertz CT molecular complexity index is 587. The van der Waals surface area contributed by atoms with Crippen LogP contribution in [0.15, 0.2) is 22.7 Å². The molecular formula is C13H13F2N3O. The molecule has 0 bridgehead atoms. The van der Waals surface area contributed by atoms with Crippen molar-refractivity contribution in [3.05, 3.63) is 47.1 Å². The molecule has 1 aromatic carbocycles. The van der Waals surface area contributed by atoms with E-state index in [9.17, 15) is 8.78 Å². The van der Waals surface area contributed by atoms with Crippen LogP contribution < -0.4 is 5.73 Å². The van der Waals surface area contributed by atoms with Crippen LogP contribution in [0, 0.1) is 11.6 Å². The van der Waals surface area contributed by atoms with Crippen LogP contribution >= 0.6 is 0 Å². The maximum Gasteiger partial charge on any atom is 0.246 e. The molecule has 1 fully saturated rings. The number of nitrogens with zero attached hydrogens (tertiary/aromatic N) is 2. The number of aromatic nitrogens is 2. The molecule has 2 N–H and O–H groups in total. The highest BCUT2D eigenvalue weighted by Gasteiger charge is 2.39. The smallest absolute Gasteiger partial charge is 0.246 e. The van der Waals surface area contributed by atoms with Crippen molar-refractivity contribution in [1.82, 2.24) is 10.1 Å². The first-order chi connectivity index (χ1) is 9.05. The Balaban J connectivity index is 1.80. The average molecular weight is 265 g/mol. The summed E-state index contributed by atoms with van der Waals surface area (Å²) in [6, 6.07) is 3.33. The molecule has 1 aromatic heterocycles. The van der Waals surface area contributed by atoms with Gasteiger partial charge in [0.15, 0.2) is 5.82 Å². The predicted molar refractivity (Wildman–Crippen MR) is 63.2 cm³/mol. The third kappa shape index (κ3) is 2.35. The van der Waals surface area contributed by atoms with E-state index in [4.69, 9.17) is 10.3 Å². The molecular weight excluding hydrogens is 252 g/mol. The predicted octanol–water partition coefficient (Wildman–Crippen LogP) is 2.28. The van der Waals surface area contributed by atoms with Gasteiger partial charge in [0.1, 0.15) is 11.6 Å². The van der Waals surface area contributed by atoms with Gasteiger partial charge < -0.3 is 10.3 Å². The van der Waals surface area contributed by atoms with Crippen molar-refractivity contribution in [2.45, 2.75) is 31.2 Å². The lowest BCUT2D eigenvalue weighted by atomic mass is 9.78. The van der Waals surface area contributed by atoms with Gasteiger partial charge in [0.05, 0.1) is 5.54 Å². The Hall–Kier alpha value is -1.82. The number of nitrogens with two attached hydrogens (primary N) is 1. The van der Waals surface area contributed by atoms with E-state index in [2.05, 4.69) is 10.1 Å². The molecule has 0 unspecified atom stereocenters. The van der Waals surface area contributed by atoms with Gasteiger partial charge in [-0.1, -0.05) is 5.16 Å². The monoisotopic (exact) mass is 265 g/mol. The Morgan fingerprint density at radius 2 is 1.89 bits per heavy atom. The third-order valence-electron chi connectivity index (χ3n) is 3.42. The number of halogens is 2. The lowest BCUT2D eigenvalue weighted by Gasteiger charge is -2.33. The summed E-state index contributed by atoms with van der Waals surface area (Å²) in [6.45, 7) is 0. The van der Waals surface area contributed by atoms with E-state index in [0.29, 0.717) is 17.3 Å². The van der Waals surface area contributed by atoms with Crippen LogP contribution in [0.2, 0.25) is 0 Å². The number of hydrogen-bond acceptors (Lipinski definition) is 4. The quantitative estimate of drug-likeness (QED) is 0.924. The lowest BCUT2D eigenvalue weighted by Crippen LogP contribution is -2.43. The summed E-state index contributed by atoms with van der Waals surface area (Å²) in [7, 11) is 0. The molecule has 0 spiro atoms. The second kappa shape index (κ2) is 4.38. The highest BCUT2D eigenvalue weighted by molar-refractivity contribution is 5.21. The Kier molecular flexibility index (Phi) is 2.82. The third-order valence-corrected chi connectivity index (χ3v) is 3.42. The molecule has 0 amide bonds. The molecule has 3 rings (SSSR count). The molecule has 1 aliphatic carbocycles. The second-order valence-electron chi connectivity index (χ2n) is 4.98. The van der Waals surface area contributed by atoms with E-state index < -0.39 is 17.2 Å². The molecule has 6 heteroatoms. The van der Waals surface area contributed by atoms with Crippen LogP contribution in [0.25, 0.3) is 0 Å². The Morgan fingerprint density at radius 1 is 1.21 bits per heavy atom. The fourth-order valence-corrected chi connectivity index (χ4v) is 2.20. The molecule has 0 saturated heterocycles. The summed E-state index contributed by atoms with van der Waals surface area (Å²) in [5, 5.41) is 3.81. The zero-order valence-corrected chi connectivity index (χ0v) is 10.2. The average Bonchev–Trinajstić information content (AvgIpc) is 2.73. The first-order valence-electron chi connectivity index (χ1n) is 6.12. The molecule has 0 aliphatic heterocycles. The Labute approximate surface area is 108 Å². The number of rotatable bonds is 3. The summed E-state index contributed by atoms with van der Waals surface area (Å²) in [6.07, 6.45) is 2.91. The van der Waals surface area contributed by atoms with Crippen LogP contribution in [0.5, 0.6) is 0 Å². The molecule has 100 valence electrons. The van der Waals surface area contributed by atoms with E-state index in [1.807, 2.05) is 0 Å². The van der Waals surface area contributed by atoms with Crippen LogP contribution in [0.1, 0.15) is 36.5 Å². The molecule has 19 heavy (non-hydrogen) atoms. The summed E-state index contributed by atoms with van der Waals surface area (Å²) < 4.78 is 31.3. The molecule has 0 radical (unpaired) electrons. The molecule has 0 atom stereocenters. The van der Waals surface area contributed by atoms with Crippen molar-refractivity contribution in [3.63, 3.8) is 0 Å². The summed E-state index contributed by atoms with van der Waals surface area (Å²) in [4.78, 5) is 4.21. The van der Waals surface area contributed by atoms with Gasteiger partial charge in [-0.15, -0.1) is 0 Å². The van der Waals surface area contributed by atoms with E-state index >= 15 is 0 Å². The standard InChI is InChI=1S/C13H13F2N3O/c14-9-4-8(5-10(15)7-9)6-11-17-12(19-18-11)13(16)2-1-3-13/h4-5,7H,1-3,6,16H2. The largest absolute Gasteiger partial charge is 0.337 e. The Morgan fingerprint density at radius 3 is 2.47 bits per heavy atom. The minimum absolute atomic E-state index is 0.217. The van der Waals surface area contributed by atoms with Gasteiger partial charge in [0.2, 0.25) is 5.89 Å². The SMILES string of the molecule is NC1(c2nc(Cc3cc(F)cc(F)c3)no2)CCC1. The van der Waals surface area contributed by atoms with E-state index in [1.165, 1.54) is 12.1 Å². The number of hydrogen-bond donors (Lipinski definition) is 1. The first kappa shape index (κ1) is 12.2. The topological polar surface area (TPSA) is 64.9 Å². The van der Waals surface area contributed by atoms with Crippen LogP contribution in [0.4, 0.5) is 8.78 Å². The maximum atomic E-state index is 13.1. The zero-order chi connectivity index (χ0) is 13.5. The molecule has 1 saturated carbocycles. The van der Waals surface area contributed by atoms with Crippen molar-refractivity contribution < 1.29 is 13.3 Å². The van der Waals surface area contributed by atoms with Crippen LogP contribution in [0.3, 0.4) is 0 Å². The summed E-state index contributed by atoms with van der Waals surface area (Å²) in [5.74, 6) is -0.441. The minimum Gasteiger partial charge on any atom is -0.337 e. The van der Waals surface area contributed by atoms with Gasteiger partial charge >= 0.3 is 0 Å². The van der Waals surface area contributed by atoms with Gasteiger partial charge in [-0.2, -0.15) is 4.98 Å². The van der Waals surface area contributed by atoms with Crippen molar-refractivity contribution in [2.75, 3.05) is 0 Å². The minimum atomic E-state index is -0.618. The molecule has 2 aromatic rings. The fraction of sp³-hybridized carbons (Fsp3) is 0.385. The van der Waals surface area contributed by atoms with E-state index in [-0.39, 0.29) is 6.42 Å². The van der Waals surface area contributed by atoms with Crippen LogP contribution in [-0.2, 0) is 12.0 Å². The first-order valence-corrected chi connectivity index (χ1v) is 6.12. The van der Waals surface area contributed by atoms with Crippen molar-refractivity contribution in [1.29, 1.82) is 0 Å². The lowest BCUT2D eigenvalue weighted by molar-refractivity contribution is 0.181. The highest BCUT2D eigenvalue weighted by atomic mass is 19.1. The second-order valence-corrected chi connectivity index (χ2v) is 4.98. The van der Waals surface area contributed by atoms with Gasteiger partial charge in [0, 0.05) is 12.5 Å². The van der Waals surface area contributed by atoms with Gasteiger partial charge in [-0.3, -0.25) is 0 Å². The van der Waals surface area contributed by atoms with Crippen molar-refractivity contribution in [3.8, 4) is 0 Å². The number of benzene rings is 1.